The molecule has 0 fully saturated rings. The lowest BCUT2D eigenvalue weighted by Gasteiger charge is -2.13. The van der Waals surface area contributed by atoms with Crippen molar-refractivity contribution in [3.8, 4) is 0 Å². The number of alkyl halides is 3. The molecule has 0 bridgehead atoms. The fraction of sp³-hybridized carbons (Fsp3) is 0.417. The Morgan fingerprint density at radius 3 is 1.97 bits per heavy atom. The summed E-state index contributed by atoms with van der Waals surface area (Å²) < 4.78 is 39.1. The summed E-state index contributed by atoms with van der Waals surface area (Å²) in [4.78, 5) is 0. The Morgan fingerprint density at radius 2 is 1.53 bits per heavy atom. The highest BCUT2D eigenvalue weighted by molar-refractivity contribution is 9.12. The molecule has 30 heavy (non-hydrogen) atoms. The molecule has 168 valence electrons. The van der Waals surface area contributed by atoms with Crippen molar-refractivity contribution >= 4 is 47.8 Å². The average molecular weight is 615 g/mol. The molecule has 0 saturated carbocycles. The Kier molecular flexibility index (Phi) is 17.7. The largest absolute Gasteiger partial charge is 0.250 e. The summed E-state index contributed by atoms with van der Waals surface area (Å²) in [6.07, 6.45) is 10.4. The number of rotatable bonds is 3. The van der Waals surface area contributed by atoms with Gasteiger partial charge in [0.25, 0.3) is 0 Å². The van der Waals surface area contributed by atoms with Crippen LogP contribution in [0.1, 0.15) is 45.6 Å². The maximum Gasteiger partial charge on any atom is 0.115 e. The Bertz CT molecular complexity index is 720. The van der Waals surface area contributed by atoms with Crippen molar-refractivity contribution in [3.63, 3.8) is 0 Å². The second kappa shape index (κ2) is 18.0. The molecule has 0 nitrogen and oxygen atoms in total. The first-order chi connectivity index (χ1) is 14.4. The molecule has 0 N–H and O–H groups in total. The van der Waals surface area contributed by atoms with E-state index in [9.17, 15) is 13.2 Å². The van der Waals surface area contributed by atoms with E-state index >= 15 is 0 Å². The molecule has 0 heterocycles. The molecular weight excluding hydrogens is 585 g/mol. The number of hydrogen-bond donors (Lipinski definition) is 0. The third kappa shape index (κ3) is 13.0. The zero-order valence-electron chi connectivity index (χ0n) is 17.7. The fourth-order valence-electron chi connectivity index (χ4n) is 2.36. The molecule has 0 aromatic heterocycles. The van der Waals surface area contributed by atoms with Crippen LogP contribution in [0.4, 0.5) is 13.2 Å². The topological polar surface area (TPSA) is 0 Å². The zero-order valence-corrected chi connectivity index (χ0v) is 22.5. The van der Waals surface area contributed by atoms with E-state index in [-0.39, 0.29) is 25.9 Å². The Morgan fingerprint density at radius 1 is 0.900 bits per heavy atom. The van der Waals surface area contributed by atoms with Crippen LogP contribution in [0.2, 0.25) is 0 Å². The molecule has 0 saturated heterocycles. The van der Waals surface area contributed by atoms with Gasteiger partial charge in [-0.15, -0.1) is 0 Å². The normalized spacial score (nSPS) is 17.3. The first kappa shape index (κ1) is 29.4. The molecule has 0 aliphatic heterocycles. The predicted octanol–water partition coefficient (Wildman–Crippen LogP) is 10.1. The Labute approximate surface area is 204 Å². The van der Waals surface area contributed by atoms with Crippen LogP contribution in [0, 0.1) is 5.92 Å². The second-order valence-corrected chi connectivity index (χ2v) is 9.17. The number of benzene rings is 1. The van der Waals surface area contributed by atoms with Crippen molar-refractivity contribution in [1.82, 2.24) is 0 Å². The highest BCUT2D eigenvalue weighted by atomic mass is 79.9. The minimum atomic E-state index is -0.382. The SMILES string of the molecule is CC.CC1=CC(CF)CC=C1Br.FCC1=CC=C(Br)CC1.FCc1ccc(Br)cc1. The lowest BCUT2D eigenvalue weighted by Crippen LogP contribution is -2.02. The molecule has 0 radical (unpaired) electrons. The standard InChI is InChI=1S/C8H10BrF.C7H8BrF.C7H6BrF.C2H6/c1-6-4-7(5-10)2-3-8(6)9;2*8-7-3-1-6(5-9)2-4-7;1-2/h3-4,7H,2,5H2,1H3;1,3H,2,4-5H2;1-4H,5H2;1-2H3. The molecule has 2 aliphatic rings. The van der Waals surface area contributed by atoms with Crippen LogP contribution >= 0.6 is 47.8 Å². The highest BCUT2D eigenvalue weighted by Crippen LogP contribution is 2.26. The van der Waals surface area contributed by atoms with E-state index in [1.54, 1.807) is 12.1 Å². The molecule has 6 heteroatoms. The fourth-order valence-corrected chi connectivity index (χ4v) is 3.28. The summed E-state index contributed by atoms with van der Waals surface area (Å²) >= 11 is 9.97. The lowest BCUT2D eigenvalue weighted by molar-refractivity contribution is 0.410. The Hall–Kier alpha value is -0.590. The van der Waals surface area contributed by atoms with Crippen molar-refractivity contribution in [3.05, 3.63) is 78.7 Å². The van der Waals surface area contributed by atoms with Crippen LogP contribution in [0.25, 0.3) is 0 Å². The van der Waals surface area contributed by atoms with Gasteiger partial charge in [-0.3, -0.25) is 4.39 Å². The number of allylic oxidation sites excluding steroid dienone is 8. The average Bonchev–Trinajstić information content (AvgIpc) is 2.79. The van der Waals surface area contributed by atoms with Gasteiger partial charge < -0.3 is 0 Å². The van der Waals surface area contributed by atoms with E-state index in [1.165, 1.54) is 4.48 Å². The highest BCUT2D eigenvalue weighted by Gasteiger charge is 2.10. The van der Waals surface area contributed by atoms with Gasteiger partial charge in [0.1, 0.15) is 13.3 Å². The Balaban J connectivity index is 0.000000404. The van der Waals surface area contributed by atoms with Gasteiger partial charge in [0.15, 0.2) is 0 Å². The molecule has 3 rings (SSSR count). The van der Waals surface area contributed by atoms with Gasteiger partial charge >= 0.3 is 0 Å². The first-order valence-corrected chi connectivity index (χ1v) is 12.3. The van der Waals surface area contributed by atoms with E-state index in [4.69, 9.17) is 0 Å². The van der Waals surface area contributed by atoms with Crippen LogP contribution in [0.15, 0.2) is 73.2 Å². The van der Waals surface area contributed by atoms with Gasteiger partial charge in [0.05, 0.1) is 6.67 Å². The summed E-state index contributed by atoms with van der Waals surface area (Å²) in [5.41, 5.74) is 2.77. The quantitative estimate of drug-likeness (QED) is 0.318. The van der Waals surface area contributed by atoms with Gasteiger partial charge in [-0.1, -0.05) is 98.1 Å². The van der Waals surface area contributed by atoms with Gasteiger partial charge in [-0.25, -0.2) is 8.78 Å². The van der Waals surface area contributed by atoms with Crippen molar-refractivity contribution in [2.24, 2.45) is 5.92 Å². The third-order valence-electron chi connectivity index (χ3n) is 4.08. The molecule has 0 spiro atoms. The van der Waals surface area contributed by atoms with Gasteiger partial charge in [0.2, 0.25) is 0 Å². The predicted molar refractivity (Wildman–Crippen MR) is 135 cm³/mol. The van der Waals surface area contributed by atoms with Crippen LogP contribution in [0.3, 0.4) is 0 Å². The van der Waals surface area contributed by atoms with E-state index in [0.717, 1.165) is 44.9 Å². The molecule has 2 aliphatic carbocycles. The maximum absolute atomic E-state index is 12.1. The summed E-state index contributed by atoms with van der Waals surface area (Å²) in [6, 6.07) is 7.16. The van der Waals surface area contributed by atoms with Crippen LogP contribution in [0.5, 0.6) is 0 Å². The molecule has 1 unspecified atom stereocenters. The van der Waals surface area contributed by atoms with Crippen molar-refractivity contribution in [2.45, 2.75) is 46.7 Å². The molecule has 1 atom stereocenters. The van der Waals surface area contributed by atoms with Crippen molar-refractivity contribution in [2.75, 3.05) is 13.3 Å². The van der Waals surface area contributed by atoms with E-state index in [0.29, 0.717) is 0 Å². The third-order valence-corrected chi connectivity index (χ3v) is 6.22. The maximum atomic E-state index is 12.1. The van der Waals surface area contributed by atoms with Crippen molar-refractivity contribution < 1.29 is 13.2 Å². The summed E-state index contributed by atoms with van der Waals surface area (Å²) in [7, 11) is 0. The second-order valence-electron chi connectivity index (χ2n) is 6.38. The molecule has 1 aromatic rings. The van der Waals surface area contributed by atoms with Crippen molar-refractivity contribution in [1.29, 1.82) is 0 Å². The monoisotopic (exact) mass is 612 g/mol. The summed E-state index contributed by atoms with van der Waals surface area (Å²) in [6.45, 7) is 5.07. The minimum absolute atomic E-state index is 0.112. The zero-order chi connectivity index (χ0) is 22.9. The summed E-state index contributed by atoms with van der Waals surface area (Å²) in [5.74, 6) is 0.112. The smallest absolute Gasteiger partial charge is 0.115 e. The summed E-state index contributed by atoms with van der Waals surface area (Å²) in [5, 5.41) is 0. The van der Waals surface area contributed by atoms with E-state index in [1.807, 2.05) is 57.2 Å². The first-order valence-electron chi connectivity index (χ1n) is 9.90. The molecule has 0 amide bonds. The minimum Gasteiger partial charge on any atom is -0.250 e. The molecular formula is C24H30Br3F3. The van der Waals surface area contributed by atoms with Crippen LogP contribution < -0.4 is 0 Å². The van der Waals surface area contributed by atoms with Gasteiger partial charge in [-0.2, -0.15) is 0 Å². The lowest BCUT2D eigenvalue weighted by atomic mass is 9.98. The number of halogens is 6. The molecule has 1 aromatic carbocycles. The van der Waals surface area contributed by atoms with Gasteiger partial charge in [-0.05, 0) is 59.5 Å². The van der Waals surface area contributed by atoms with Crippen LogP contribution in [-0.4, -0.2) is 13.3 Å². The van der Waals surface area contributed by atoms with Gasteiger partial charge in [0, 0.05) is 14.9 Å². The number of hydrogen-bond acceptors (Lipinski definition) is 0. The van der Waals surface area contributed by atoms with Crippen LogP contribution in [-0.2, 0) is 6.67 Å². The van der Waals surface area contributed by atoms with E-state index < -0.39 is 0 Å². The van der Waals surface area contributed by atoms with E-state index in [2.05, 4.69) is 47.8 Å².